The largest absolute Gasteiger partial charge is 0.393 e. The van der Waals surface area contributed by atoms with E-state index in [9.17, 15) is 5.11 Å². The molecule has 0 unspecified atom stereocenters. The van der Waals surface area contributed by atoms with Gasteiger partial charge in [-0.3, -0.25) is 0 Å². The van der Waals surface area contributed by atoms with Crippen LogP contribution in [-0.2, 0) is 0 Å². The molecule has 4 aliphatic carbocycles. The smallest absolute Gasteiger partial charge is 0.0545 e. The molecule has 0 amide bonds. The van der Waals surface area contributed by atoms with E-state index in [1.807, 2.05) is 6.92 Å². The summed E-state index contributed by atoms with van der Waals surface area (Å²) in [4.78, 5) is 0. The molecule has 1 N–H and O–H groups in total. The van der Waals surface area contributed by atoms with E-state index in [-0.39, 0.29) is 6.10 Å². The summed E-state index contributed by atoms with van der Waals surface area (Å²) in [6.07, 6.45) is 7.20. The zero-order valence-corrected chi connectivity index (χ0v) is 8.45. The highest BCUT2D eigenvalue weighted by molar-refractivity contribution is 4.99. The zero-order valence-electron chi connectivity index (χ0n) is 8.45. The molecule has 0 aromatic heterocycles. The maximum absolute atomic E-state index is 9.78. The van der Waals surface area contributed by atoms with Gasteiger partial charge >= 0.3 is 0 Å². The van der Waals surface area contributed by atoms with Gasteiger partial charge in [-0.2, -0.15) is 0 Å². The minimum Gasteiger partial charge on any atom is -0.393 e. The fourth-order valence-electron chi connectivity index (χ4n) is 4.76. The molecule has 0 aromatic carbocycles. The van der Waals surface area contributed by atoms with E-state index >= 15 is 0 Å². The Labute approximate surface area is 80.5 Å². The van der Waals surface area contributed by atoms with Gasteiger partial charge in [0.05, 0.1) is 6.10 Å². The van der Waals surface area contributed by atoms with Crippen LogP contribution in [-0.4, -0.2) is 11.2 Å². The average molecular weight is 180 g/mol. The Bertz CT molecular complexity index is 181. The Hall–Kier alpha value is -0.0400. The van der Waals surface area contributed by atoms with Gasteiger partial charge in [0.2, 0.25) is 0 Å². The van der Waals surface area contributed by atoms with Crippen molar-refractivity contribution >= 4 is 0 Å². The van der Waals surface area contributed by atoms with Crippen LogP contribution in [0.25, 0.3) is 0 Å². The first-order chi connectivity index (χ1) is 6.24. The molecule has 1 nitrogen and oxygen atoms in total. The van der Waals surface area contributed by atoms with Gasteiger partial charge in [0.15, 0.2) is 0 Å². The van der Waals surface area contributed by atoms with E-state index in [1.165, 1.54) is 32.1 Å². The predicted octanol–water partition coefficient (Wildman–Crippen LogP) is 2.44. The third-order valence-corrected chi connectivity index (χ3v) is 4.86. The second-order valence-corrected chi connectivity index (χ2v) is 5.75. The number of hydrogen-bond donors (Lipinski definition) is 1. The van der Waals surface area contributed by atoms with Crippen LogP contribution in [0.1, 0.15) is 39.0 Å². The van der Waals surface area contributed by atoms with Gasteiger partial charge in [-0.25, -0.2) is 0 Å². The van der Waals surface area contributed by atoms with E-state index in [0.29, 0.717) is 5.92 Å². The summed E-state index contributed by atoms with van der Waals surface area (Å²) in [6.45, 7) is 2.01. The molecule has 0 aliphatic heterocycles. The Morgan fingerprint density at radius 3 is 1.77 bits per heavy atom. The summed E-state index contributed by atoms with van der Waals surface area (Å²) >= 11 is 0. The summed E-state index contributed by atoms with van der Waals surface area (Å²) in [5.41, 5.74) is 0. The fourth-order valence-corrected chi connectivity index (χ4v) is 4.76. The Morgan fingerprint density at radius 1 is 0.923 bits per heavy atom. The molecule has 4 aliphatic rings. The minimum atomic E-state index is -0.0463. The highest BCUT2D eigenvalue weighted by Crippen LogP contribution is 2.57. The van der Waals surface area contributed by atoms with Gasteiger partial charge in [-0.05, 0) is 68.6 Å². The van der Waals surface area contributed by atoms with Crippen molar-refractivity contribution in [2.75, 3.05) is 0 Å². The molecule has 0 heterocycles. The second kappa shape index (κ2) is 2.73. The van der Waals surface area contributed by atoms with E-state index in [4.69, 9.17) is 0 Å². The Balaban J connectivity index is 1.85. The molecule has 4 rings (SSSR count). The first-order valence-electron chi connectivity index (χ1n) is 5.92. The molecule has 1 heteroatoms. The predicted molar refractivity (Wildman–Crippen MR) is 52.2 cm³/mol. The minimum absolute atomic E-state index is 0.0463. The average Bonchev–Trinajstić information content (AvgIpc) is 2.00. The summed E-state index contributed by atoms with van der Waals surface area (Å²) in [5.74, 6) is 4.51. The van der Waals surface area contributed by atoms with Gasteiger partial charge in [-0.1, -0.05) is 0 Å². The van der Waals surface area contributed by atoms with Crippen LogP contribution in [0.4, 0.5) is 0 Å². The molecule has 4 saturated carbocycles. The van der Waals surface area contributed by atoms with Gasteiger partial charge in [0.1, 0.15) is 0 Å². The number of hydrogen-bond acceptors (Lipinski definition) is 1. The molecule has 1 atom stereocenters. The van der Waals surface area contributed by atoms with E-state index in [1.54, 1.807) is 0 Å². The second-order valence-electron chi connectivity index (χ2n) is 5.75. The van der Waals surface area contributed by atoms with E-state index in [0.717, 1.165) is 23.7 Å². The summed E-state index contributed by atoms with van der Waals surface area (Å²) < 4.78 is 0. The number of aliphatic hydroxyl groups is 1. The zero-order chi connectivity index (χ0) is 9.00. The molecule has 4 bridgehead atoms. The topological polar surface area (TPSA) is 20.2 Å². The Kier molecular flexibility index (Phi) is 1.74. The fraction of sp³-hybridized carbons (Fsp3) is 1.00. The summed E-state index contributed by atoms with van der Waals surface area (Å²) in [6, 6.07) is 0. The molecule has 13 heavy (non-hydrogen) atoms. The maximum Gasteiger partial charge on any atom is 0.0545 e. The van der Waals surface area contributed by atoms with Crippen molar-refractivity contribution in [1.82, 2.24) is 0 Å². The van der Waals surface area contributed by atoms with Crippen molar-refractivity contribution in [3.8, 4) is 0 Å². The van der Waals surface area contributed by atoms with Crippen LogP contribution in [0.2, 0.25) is 0 Å². The lowest BCUT2D eigenvalue weighted by Gasteiger charge is -2.55. The third kappa shape index (κ3) is 1.16. The molecule has 0 spiro atoms. The van der Waals surface area contributed by atoms with Crippen LogP contribution in [0.5, 0.6) is 0 Å². The van der Waals surface area contributed by atoms with Crippen LogP contribution >= 0.6 is 0 Å². The molecular weight excluding hydrogens is 160 g/mol. The number of rotatable bonds is 1. The van der Waals surface area contributed by atoms with Crippen LogP contribution < -0.4 is 0 Å². The highest BCUT2D eigenvalue weighted by atomic mass is 16.3. The molecule has 74 valence electrons. The molecule has 0 saturated heterocycles. The first-order valence-corrected chi connectivity index (χ1v) is 5.92. The standard InChI is InChI=1S/C12H20O/c1-7(13)12-10-3-8-2-9(5-10)6-11(12)4-8/h7-13H,2-6H2,1H3/t7-,8?,9?,10?,11?,12?/m1/s1. The molecule has 0 aromatic rings. The lowest BCUT2D eigenvalue weighted by molar-refractivity contribution is -0.0838. The summed E-state index contributed by atoms with van der Waals surface area (Å²) in [5, 5.41) is 9.78. The van der Waals surface area contributed by atoms with Crippen molar-refractivity contribution in [2.24, 2.45) is 29.6 Å². The van der Waals surface area contributed by atoms with Gasteiger partial charge in [-0.15, -0.1) is 0 Å². The van der Waals surface area contributed by atoms with Crippen molar-refractivity contribution in [3.05, 3.63) is 0 Å². The van der Waals surface area contributed by atoms with Crippen molar-refractivity contribution in [3.63, 3.8) is 0 Å². The quantitative estimate of drug-likeness (QED) is 0.657. The van der Waals surface area contributed by atoms with E-state index in [2.05, 4.69) is 0 Å². The SMILES string of the molecule is C[C@@H](O)C1C2CC3CC(C2)CC1C3. The molecule has 4 fully saturated rings. The van der Waals surface area contributed by atoms with Crippen molar-refractivity contribution in [2.45, 2.75) is 45.1 Å². The first kappa shape index (κ1) is 8.28. The lowest BCUT2D eigenvalue weighted by Crippen LogP contribution is -2.48. The van der Waals surface area contributed by atoms with Crippen LogP contribution in [0.15, 0.2) is 0 Å². The Morgan fingerprint density at radius 2 is 1.38 bits per heavy atom. The third-order valence-electron chi connectivity index (χ3n) is 4.86. The maximum atomic E-state index is 9.78. The molecule has 0 radical (unpaired) electrons. The van der Waals surface area contributed by atoms with Crippen molar-refractivity contribution < 1.29 is 5.11 Å². The van der Waals surface area contributed by atoms with E-state index < -0.39 is 0 Å². The lowest BCUT2D eigenvalue weighted by atomic mass is 9.51. The summed E-state index contributed by atoms with van der Waals surface area (Å²) in [7, 11) is 0. The normalized spacial score (nSPS) is 55.4. The van der Waals surface area contributed by atoms with Gasteiger partial charge < -0.3 is 5.11 Å². The van der Waals surface area contributed by atoms with Crippen molar-refractivity contribution in [1.29, 1.82) is 0 Å². The van der Waals surface area contributed by atoms with Crippen LogP contribution in [0, 0.1) is 29.6 Å². The van der Waals surface area contributed by atoms with Gasteiger partial charge in [0, 0.05) is 0 Å². The monoisotopic (exact) mass is 180 g/mol. The van der Waals surface area contributed by atoms with Crippen LogP contribution in [0.3, 0.4) is 0 Å². The number of aliphatic hydroxyl groups excluding tert-OH is 1. The van der Waals surface area contributed by atoms with Gasteiger partial charge in [0.25, 0.3) is 0 Å². The highest BCUT2D eigenvalue weighted by Gasteiger charge is 2.49. The molecular formula is C12H20O.